The number of rotatable bonds is 1. The number of benzene rings is 3. The first-order valence-electron chi connectivity index (χ1n) is 6.74. The van der Waals surface area contributed by atoms with Gasteiger partial charge >= 0.3 is 123 Å². The SMILES string of the molecule is c1ccc([As]2c3ccccc3Nc3ccccc32)cc1. The molecule has 0 amide bonds. The van der Waals surface area contributed by atoms with Crippen LogP contribution in [-0.2, 0) is 0 Å². The van der Waals surface area contributed by atoms with E-state index in [1.165, 1.54) is 24.4 Å². The quantitative estimate of drug-likeness (QED) is 0.531. The molecule has 0 aliphatic carbocycles. The van der Waals surface area contributed by atoms with Gasteiger partial charge in [0.05, 0.1) is 0 Å². The van der Waals surface area contributed by atoms with Gasteiger partial charge in [-0.3, -0.25) is 0 Å². The van der Waals surface area contributed by atoms with Crippen molar-refractivity contribution in [1.82, 2.24) is 0 Å². The molecule has 0 radical (unpaired) electrons. The van der Waals surface area contributed by atoms with Crippen LogP contribution in [0.15, 0.2) is 78.9 Å². The van der Waals surface area contributed by atoms with Crippen LogP contribution in [-0.4, -0.2) is 14.7 Å². The fourth-order valence-electron chi connectivity index (χ4n) is 2.68. The molecule has 3 aromatic rings. The molecule has 4 rings (SSSR count). The monoisotopic (exact) mass is 319 g/mol. The Labute approximate surface area is 123 Å². The first-order valence-corrected chi connectivity index (χ1v) is 9.55. The molecule has 1 aliphatic heterocycles. The molecule has 1 aliphatic rings. The van der Waals surface area contributed by atoms with Crippen molar-refractivity contribution in [3.63, 3.8) is 0 Å². The van der Waals surface area contributed by atoms with Gasteiger partial charge in [0.1, 0.15) is 0 Å². The molecular formula is C18H14AsN. The zero-order chi connectivity index (χ0) is 13.4. The molecule has 0 atom stereocenters. The van der Waals surface area contributed by atoms with E-state index in [2.05, 4.69) is 84.2 Å². The predicted octanol–water partition coefficient (Wildman–Crippen LogP) is 2.26. The summed E-state index contributed by atoms with van der Waals surface area (Å²) in [5.74, 6) is 0. The minimum atomic E-state index is -1.42. The molecular weight excluding hydrogens is 305 g/mol. The van der Waals surface area contributed by atoms with Crippen molar-refractivity contribution in [3.05, 3.63) is 78.9 Å². The average molecular weight is 319 g/mol. The molecule has 0 saturated heterocycles. The topological polar surface area (TPSA) is 12.0 Å². The van der Waals surface area contributed by atoms with Crippen molar-refractivity contribution in [2.75, 3.05) is 5.32 Å². The molecule has 0 spiro atoms. The second-order valence-corrected chi connectivity index (χ2v) is 9.34. The van der Waals surface area contributed by atoms with Crippen LogP contribution in [0.25, 0.3) is 0 Å². The van der Waals surface area contributed by atoms with Crippen LogP contribution in [0.5, 0.6) is 0 Å². The summed E-state index contributed by atoms with van der Waals surface area (Å²) in [7, 11) is 0. The van der Waals surface area contributed by atoms with Crippen LogP contribution in [0.1, 0.15) is 0 Å². The van der Waals surface area contributed by atoms with Gasteiger partial charge in [0.25, 0.3) is 0 Å². The molecule has 0 unspecified atom stereocenters. The Bertz CT molecular complexity index is 707. The van der Waals surface area contributed by atoms with Crippen molar-refractivity contribution < 1.29 is 0 Å². The molecule has 0 saturated carbocycles. The van der Waals surface area contributed by atoms with Gasteiger partial charge in [0.15, 0.2) is 0 Å². The maximum atomic E-state index is 3.58. The van der Waals surface area contributed by atoms with Gasteiger partial charge in [0.2, 0.25) is 0 Å². The van der Waals surface area contributed by atoms with Crippen molar-refractivity contribution in [1.29, 1.82) is 0 Å². The molecule has 1 N–H and O–H groups in total. The number of hydrogen-bond donors (Lipinski definition) is 1. The summed E-state index contributed by atoms with van der Waals surface area (Å²) in [6, 6.07) is 28.4. The third-order valence-corrected chi connectivity index (χ3v) is 8.94. The van der Waals surface area contributed by atoms with Crippen molar-refractivity contribution in [2.45, 2.75) is 0 Å². The summed E-state index contributed by atoms with van der Waals surface area (Å²) in [5.41, 5.74) is 2.55. The van der Waals surface area contributed by atoms with Gasteiger partial charge in [-0.05, 0) is 0 Å². The van der Waals surface area contributed by atoms with Gasteiger partial charge in [-0.2, -0.15) is 0 Å². The summed E-state index contributed by atoms with van der Waals surface area (Å²) >= 11 is -1.42. The third kappa shape index (κ3) is 1.86. The standard InChI is InChI=1S/C18H14AsN/c1-2-8-14(9-3-1)19-15-10-4-6-12-17(15)20-18-13-7-5-11-16(18)19/h1-13,20H. The summed E-state index contributed by atoms with van der Waals surface area (Å²) in [6.45, 7) is 0. The Hall–Kier alpha value is -1.98. The molecule has 96 valence electrons. The Balaban J connectivity index is 1.98. The van der Waals surface area contributed by atoms with Crippen LogP contribution < -0.4 is 18.4 Å². The minimum absolute atomic E-state index is 1.27. The Morgan fingerprint density at radius 2 is 1.05 bits per heavy atom. The molecule has 1 heterocycles. The van der Waals surface area contributed by atoms with Crippen molar-refractivity contribution >= 4 is 39.1 Å². The van der Waals surface area contributed by atoms with E-state index < -0.39 is 14.7 Å². The molecule has 0 bridgehead atoms. The van der Waals surface area contributed by atoms with E-state index in [1.54, 1.807) is 0 Å². The molecule has 20 heavy (non-hydrogen) atoms. The van der Waals surface area contributed by atoms with E-state index in [-0.39, 0.29) is 0 Å². The molecule has 2 heteroatoms. The summed E-state index contributed by atoms with van der Waals surface area (Å²) in [4.78, 5) is 0. The number of fused-ring (bicyclic) bond motifs is 2. The average Bonchev–Trinajstić information content (AvgIpc) is 2.53. The second kappa shape index (κ2) is 4.85. The number of nitrogens with one attached hydrogen (secondary N) is 1. The summed E-state index contributed by atoms with van der Waals surface area (Å²) < 4.78 is 4.47. The fraction of sp³-hybridized carbons (Fsp3) is 0. The van der Waals surface area contributed by atoms with E-state index in [1.807, 2.05) is 0 Å². The summed E-state index contributed by atoms with van der Waals surface area (Å²) in [5, 5.41) is 3.58. The van der Waals surface area contributed by atoms with E-state index in [9.17, 15) is 0 Å². The fourth-order valence-corrected chi connectivity index (χ4v) is 7.92. The zero-order valence-electron chi connectivity index (χ0n) is 11.0. The normalized spacial score (nSPS) is 13.2. The van der Waals surface area contributed by atoms with Crippen molar-refractivity contribution in [3.8, 4) is 0 Å². The first kappa shape index (κ1) is 11.8. The third-order valence-electron chi connectivity index (χ3n) is 3.57. The summed E-state index contributed by atoms with van der Waals surface area (Å²) in [6.07, 6.45) is 0. The van der Waals surface area contributed by atoms with Crippen LogP contribution in [0.2, 0.25) is 0 Å². The zero-order valence-corrected chi connectivity index (χ0v) is 12.8. The Morgan fingerprint density at radius 3 is 1.65 bits per heavy atom. The van der Waals surface area contributed by atoms with Crippen molar-refractivity contribution in [2.24, 2.45) is 0 Å². The van der Waals surface area contributed by atoms with E-state index in [4.69, 9.17) is 0 Å². The van der Waals surface area contributed by atoms with Crippen LogP contribution in [0, 0.1) is 0 Å². The van der Waals surface area contributed by atoms with Gasteiger partial charge in [-0.25, -0.2) is 0 Å². The number of hydrogen-bond acceptors (Lipinski definition) is 1. The Kier molecular flexibility index (Phi) is 2.86. The molecule has 0 aromatic heterocycles. The predicted molar refractivity (Wildman–Crippen MR) is 87.3 cm³/mol. The van der Waals surface area contributed by atoms with Crippen LogP contribution in [0.4, 0.5) is 11.4 Å². The number of anilines is 2. The van der Waals surface area contributed by atoms with E-state index in [0.29, 0.717) is 0 Å². The van der Waals surface area contributed by atoms with Gasteiger partial charge in [-0.1, -0.05) is 0 Å². The molecule has 0 fully saturated rings. The van der Waals surface area contributed by atoms with Crippen LogP contribution >= 0.6 is 0 Å². The second-order valence-electron chi connectivity index (χ2n) is 4.83. The van der Waals surface area contributed by atoms with E-state index in [0.717, 1.165) is 0 Å². The van der Waals surface area contributed by atoms with Gasteiger partial charge in [-0.15, -0.1) is 0 Å². The van der Waals surface area contributed by atoms with E-state index >= 15 is 0 Å². The first-order chi connectivity index (χ1) is 9.93. The molecule has 3 aromatic carbocycles. The Morgan fingerprint density at radius 1 is 0.550 bits per heavy atom. The maximum absolute atomic E-state index is 3.58. The van der Waals surface area contributed by atoms with Gasteiger partial charge < -0.3 is 0 Å². The van der Waals surface area contributed by atoms with Gasteiger partial charge in [0, 0.05) is 0 Å². The number of para-hydroxylation sites is 2. The van der Waals surface area contributed by atoms with Crippen LogP contribution in [0.3, 0.4) is 0 Å². The molecule has 1 nitrogen and oxygen atoms in total.